The molecular weight excluding hydrogens is 208 g/mol. The largest absolute Gasteiger partial charge is 0.465 e. The van der Waals surface area contributed by atoms with Crippen molar-refractivity contribution in [1.29, 1.82) is 0 Å². The lowest BCUT2D eigenvalue weighted by molar-refractivity contribution is -0.140. The fourth-order valence-corrected chi connectivity index (χ4v) is 0.852. The van der Waals surface area contributed by atoms with Crippen LogP contribution in [0.25, 0.3) is 0 Å². The molecule has 0 aromatic heterocycles. The van der Waals surface area contributed by atoms with Gasteiger partial charge in [-0.25, -0.2) is 0 Å². The van der Waals surface area contributed by atoms with E-state index in [4.69, 9.17) is 4.74 Å². The first-order valence-corrected chi connectivity index (χ1v) is 6.62. The molecule has 0 N–H and O–H groups in total. The zero-order chi connectivity index (χ0) is 11.9. The molecule has 0 bridgehead atoms. The lowest BCUT2D eigenvalue weighted by Crippen LogP contribution is -2.06. The number of carbonyl (C=O) groups excluding carboxylic acids is 1. The van der Waals surface area contributed by atoms with E-state index in [9.17, 15) is 4.79 Å². The van der Waals surface area contributed by atoms with Crippen LogP contribution in [0, 0.1) is 0 Å². The predicted octanol–water partition coefficient (Wildman–Crippen LogP) is 3.85. The standard InChI is InChI=1S/C8H16O2S.C4H10/c1-2-3-4-5-6-10-8(9)7-11;1-3-4-2/h11H,2-7H2,1H3;3-4H2,1-2H3. The third-order valence-corrected chi connectivity index (χ3v) is 2.15. The highest BCUT2D eigenvalue weighted by Crippen LogP contribution is 1.98. The number of rotatable bonds is 7. The number of ether oxygens (including phenoxy) is 1. The molecule has 0 saturated heterocycles. The van der Waals surface area contributed by atoms with Crippen LogP contribution in [0.3, 0.4) is 0 Å². The maximum atomic E-state index is 10.5. The maximum absolute atomic E-state index is 10.5. The van der Waals surface area contributed by atoms with Crippen molar-refractivity contribution in [3.63, 3.8) is 0 Å². The van der Waals surface area contributed by atoms with Gasteiger partial charge < -0.3 is 4.74 Å². The molecule has 0 atom stereocenters. The van der Waals surface area contributed by atoms with E-state index < -0.39 is 0 Å². The van der Waals surface area contributed by atoms with Crippen LogP contribution in [0.1, 0.15) is 59.3 Å². The number of hydrogen-bond acceptors (Lipinski definition) is 3. The Labute approximate surface area is 100 Å². The van der Waals surface area contributed by atoms with Gasteiger partial charge in [-0.15, -0.1) is 0 Å². The quantitative estimate of drug-likeness (QED) is 0.411. The fourth-order valence-electron chi connectivity index (χ4n) is 0.760. The predicted molar refractivity (Wildman–Crippen MR) is 69.5 cm³/mol. The summed E-state index contributed by atoms with van der Waals surface area (Å²) in [6.45, 7) is 7.07. The maximum Gasteiger partial charge on any atom is 0.315 e. The summed E-state index contributed by atoms with van der Waals surface area (Å²) in [5, 5.41) is 0. The van der Waals surface area contributed by atoms with Crippen LogP contribution in [0.4, 0.5) is 0 Å². The van der Waals surface area contributed by atoms with Crippen molar-refractivity contribution >= 4 is 18.6 Å². The fraction of sp³-hybridized carbons (Fsp3) is 0.917. The van der Waals surface area contributed by atoms with E-state index in [0.29, 0.717) is 6.61 Å². The average Bonchev–Trinajstić information content (AvgIpc) is 2.28. The van der Waals surface area contributed by atoms with Crippen LogP contribution in [0.15, 0.2) is 0 Å². The molecule has 3 heteroatoms. The Morgan fingerprint density at radius 3 is 2.00 bits per heavy atom. The van der Waals surface area contributed by atoms with Crippen molar-refractivity contribution in [2.24, 2.45) is 0 Å². The third-order valence-electron chi connectivity index (χ3n) is 1.89. The Balaban J connectivity index is 0. The van der Waals surface area contributed by atoms with Crippen molar-refractivity contribution in [1.82, 2.24) is 0 Å². The van der Waals surface area contributed by atoms with Gasteiger partial charge >= 0.3 is 5.97 Å². The molecule has 0 rings (SSSR count). The van der Waals surface area contributed by atoms with Crippen LogP contribution < -0.4 is 0 Å². The lowest BCUT2D eigenvalue weighted by atomic mass is 10.2. The third kappa shape index (κ3) is 20.0. The Morgan fingerprint density at radius 1 is 1.00 bits per heavy atom. The van der Waals surface area contributed by atoms with E-state index in [1.165, 1.54) is 25.7 Å². The van der Waals surface area contributed by atoms with Crippen LogP contribution in [0.5, 0.6) is 0 Å². The first-order valence-electron chi connectivity index (χ1n) is 5.99. The van der Waals surface area contributed by atoms with Gasteiger partial charge in [0.2, 0.25) is 0 Å². The summed E-state index contributed by atoms with van der Waals surface area (Å²) in [6.07, 6.45) is 7.20. The normalized spacial score (nSPS) is 9.07. The molecule has 15 heavy (non-hydrogen) atoms. The molecule has 0 fully saturated rings. The molecule has 2 nitrogen and oxygen atoms in total. The van der Waals surface area contributed by atoms with Crippen LogP contribution in [0.2, 0.25) is 0 Å². The van der Waals surface area contributed by atoms with E-state index in [2.05, 4.69) is 33.4 Å². The van der Waals surface area contributed by atoms with Gasteiger partial charge in [0.25, 0.3) is 0 Å². The molecule has 0 radical (unpaired) electrons. The molecule has 0 amide bonds. The molecule has 0 spiro atoms. The highest BCUT2D eigenvalue weighted by atomic mass is 32.1. The number of carbonyl (C=O) groups is 1. The van der Waals surface area contributed by atoms with Crippen LogP contribution in [-0.2, 0) is 9.53 Å². The van der Waals surface area contributed by atoms with E-state index in [1.54, 1.807) is 0 Å². The summed E-state index contributed by atoms with van der Waals surface area (Å²) in [5.74, 6) is -0.0295. The SMILES string of the molecule is CCCC.CCCCCCOC(=O)CS. The van der Waals surface area contributed by atoms with Gasteiger partial charge in [0, 0.05) is 0 Å². The van der Waals surface area contributed by atoms with E-state index in [1.807, 2.05) is 0 Å². The molecule has 92 valence electrons. The highest BCUT2D eigenvalue weighted by molar-refractivity contribution is 7.81. The summed E-state index contributed by atoms with van der Waals surface area (Å²) in [5.41, 5.74) is 0. The van der Waals surface area contributed by atoms with Crippen LogP contribution >= 0.6 is 12.6 Å². The Bertz CT molecular complexity index is 125. The molecule has 0 heterocycles. The minimum atomic E-state index is -0.218. The van der Waals surface area contributed by atoms with Crippen molar-refractivity contribution in [3.8, 4) is 0 Å². The van der Waals surface area contributed by atoms with Crippen LogP contribution in [-0.4, -0.2) is 18.3 Å². The Morgan fingerprint density at radius 2 is 1.60 bits per heavy atom. The zero-order valence-electron chi connectivity index (χ0n) is 10.4. The molecule has 0 saturated carbocycles. The van der Waals surface area contributed by atoms with E-state index >= 15 is 0 Å². The molecule has 0 aliphatic carbocycles. The molecular formula is C12H26O2S. The highest BCUT2D eigenvalue weighted by Gasteiger charge is 1.96. The molecule has 0 unspecified atom stereocenters. The summed E-state index contributed by atoms with van der Waals surface area (Å²) < 4.78 is 4.82. The Kier molecular flexibility index (Phi) is 18.7. The number of thiol groups is 1. The van der Waals surface area contributed by atoms with Gasteiger partial charge in [-0.3, -0.25) is 4.79 Å². The van der Waals surface area contributed by atoms with E-state index in [-0.39, 0.29) is 11.7 Å². The minimum absolute atomic E-state index is 0.188. The second kappa shape index (κ2) is 16.3. The molecule has 0 aromatic carbocycles. The smallest absolute Gasteiger partial charge is 0.315 e. The summed E-state index contributed by atoms with van der Waals surface area (Å²) in [7, 11) is 0. The van der Waals surface area contributed by atoms with E-state index in [0.717, 1.165) is 12.8 Å². The molecule has 0 aromatic rings. The summed E-state index contributed by atoms with van der Waals surface area (Å²) >= 11 is 3.78. The average molecular weight is 234 g/mol. The first kappa shape index (κ1) is 17.2. The number of unbranched alkanes of at least 4 members (excludes halogenated alkanes) is 4. The number of hydrogen-bond donors (Lipinski definition) is 1. The van der Waals surface area contributed by atoms with Gasteiger partial charge in [-0.05, 0) is 6.42 Å². The van der Waals surface area contributed by atoms with Gasteiger partial charge in [-0.2, -0.15) is 12.6 Å². The lowest BCUT2D eigenvalue weighted by Gasteiger charge is -2.01. The Hall–Kier alpha value is -0.180. The van der Waals surface area contributed by atoms with Crippen molar-refractivity contribution < 1.29 is 9.53 Å². The molecule has 0 aliphatic heterocycles. The van der Waals surface area contributed by atoms with Gasteiger partial charge in [0.05, 0.1) is 12.4 Å². The monoisotopic (exact) mass is 234 g/mol. The second-order valence-electron chi connectivity index (χ2n) is 3.44. The number of esters is 1. The van der Waals surface area contributed by atoms with Crippen molar-refractivity contribution in [3.05, 3.63) is 0 Å². The summed E-state index contributed by atoms with van der Waals surface area (Å²) in [6, 6.07) is 0. The minimum Gasteiger partial charge on any atom is -0.465 e. The topological polar surface area (TPSA) is 26.3 Å². The van der Waals surface area contributed by atoms with Crippen molar-refractivity contribution in [2.45, 2.75) is 59.3 Å². The molecule has 0 aliphatic rings. The van der Waals surface area contributed by atoms with Gasteiger partial charge in [0.1, 0.15) is 0 Å². The van der Waals surface area contributed by atoms with Gasteiger partial charge in [-0.1, -0.05) is 52.9 Å². The zero-order valence-corrected chi connectivity index (χ0v) is 11.3. The first-order chi connectivity index (χ1) is 7.22. The van der Waals surface area contributed by atoms with Crippen molar-refractivity contribution in [2.75, 3.05) is 12.4 Å². The second-order valence-corrected chi connectivity index (χ2v) is 3.76. The summed E-state index contributed by atoms with van der Waals surface area (Å²) in [4.78, 5) is 10.5. The van der Waals surface area contributed by atoms with Gasteiger partial charge in [0.15, 0.2) is 0 Å².